The van der Waals surface area contributed by atoms with Gasteiger partial charge >= 0.3 is 0 Å². The number of anilines is 1. The highest BCUT2D eigenvalue weighted by molar-refractivity contribution is 5.41. The van der Waals surface area contributed by atoms with Crippen LogP contribution >= 0.6 is 0 Å². The van der Waals surface area contributed by atoms with E-state index in [-0.39, 0.29) is 0 Å². The Morgan fingerprint density at radius 2 is 1.88 bits per heavy atom. The summed E-state index contributed by atoms with van der Waals surface area (Å²) in [7, 11) is 0. The fourth-order valence-electron chi connectivity index (χ4n) is 2.21. The number of fused-ring (bicyclic) bond motifs is 1. The minimum atomic E-state index is 0.708. The lowest BCUT2D eigenvalue weighted by molar-refractivity contribution is 0.848. The largest absolute Gasteiger partial charge is 0.339 e. The van der Waals surface area contributed by atoms with E-state index in [2.05, 4.69) is 20.0 Å². The molecule has 0 N–H and O–H groups in total. The van der Waals surface area contributed by atoms with Crippen molar-refractivity contribution in [2.75, 3.05) is 18.0 Å². The maximum absolute atomic E-state index is 4.50. The maximum Gasteiger partial charge on any atom is 0.254 e. The molecule has 2 aromatic rings. The van der Waals surface area contributed by atoms with Crippen molar-refractivity contribution >= 4 is 11.7 Å². The second kappa shape index (κ2) is 3.43. The van der Waals surface area contributed by atoms with Gasteiger partial charge in [-0.25, -0.2) is 4.98 Å². The zero-order valence-corrected chi connectivity index (χ0v) is 9.64. The van der Waals surface area contributed by atoms with Crippen molar-refractivity contribution in [2.45, 2.75) is 26.7 Å². The minimum absolute atomic E-state index is 0.708. The van der Waals surface area contributed by atoms with E-state index in [1.165, 1.54) is 12.8 Å². The summed E-state index contributed by atoms with van der Waals surface area (Å²) in [4.78, 5) is 11.1. The molecule has 0 aromatic carbocycles. The van der Waals surface area contributed by atoms with Crippen LogP contribution in [0.4, 0.5) is 5.95 Å². The molecule has 1 aliphatic rings. The van der Waals surface area contributed by atoms with Gasteiger partial charge in [0.15, 0.2) is 0 Å². The molecule has 5 heteroatoms. The molecule has 0 spiro atoms. The highest BCUT2D eigenvalue weighted by Gasteiger charge is 2.17. The molecule has 5 nitrogen and oxygen atoms in total. The summed E-state index contributed by atoms with van der Waals surface area (Å²) >= 11 is 0. The van der Waals surface area contributed by atoms with Gasteiger partial charge in [-0.15, -0.1) is 5.10 Å². The average molecular weight is 217 g/mol. The lowest BCUT2D eigenvalue weighted by Crippen LogP contribution is -2.19. The quantitative estimate of drug-likeness (QED) is 0.723. The first-order valence-corrected chi connectivity index (χ1v) is 5.70. The number of rotatable bonds is 1. The van der Waals surface area contributed by atoms with E-state index in [9.17, 15) is 0 Å². The van der Waals surface area contributed by atoms with Gasteiger partial charge in [-0.2, -0.15) is 9.50 Å². The number of hydrogen-bond donors (Lipinski definition) is 0. The molecule has 0 radical (unpaired) electrons. The van der Waals surface area contributed by atoms with Crippen molar-refractivity contribution in [3.05, 3.63) is 17.5 Å². The van der Waals surface area contributed by atoms with E-state index in [0.29, 0.717) is 5.78 Å². The van der Waals surface area contributed by atoms with Crippen molar-refractivity contribution in [1.29, 1.82) is 0 Å². The molecular formula is C11H15N5. The molecule has 3 heterocycles. The van der Waals surface area contributed by atoms with Gasteiger partial charge in [0, 0.05) is 24.5 Å². The fourth-order valence-corrected chi connectivity index (χ4v) is 2.21. The highest BCUT2D eigenvalue weighted by atomic mass is 15.4. The normalized spacial score (nSPS) is 16.2. The molecule has 0 amide bonds. The molecule has 1 fully saturated rings. The van der Waals surface area contributed by atoms with Crippen LogP contribution in [0.3, 0.4) is 0 Å². The molecule has 0 unspecified atom stereocenters. The van der Waals surface area contributed by atoms with Crippen LogP contribution in [0.5, 0.6) is 0 Å². The first-order chi connectivity index (χ1) is 7.74. The molecule has 2 aromatic heterocycles. The Morgan fingerprint density at radius 1 is 1.12 bits per heavy atom. The first kappa shape index (κ1) is 9.57. The summed E-state index contributed by atoms with van der Waals surface area (Å²) in [6, 6.07) is 2.02. The minimum Gasteiger partial charge on any atom is -0.339 e. The van der Waals surface area contributed by atoms with Crippen LogP contribution in [0.2, 0.25) is 0 Å². The molecule has 0 saturated carbocycles. The topological polar surface area (TPSA) is 46.3 Å². The number of aromatic nitrogens is 4. The Bertz CT molecular complexity index is 524. The number of hydrogen-bond acceptors (Lipinski definition) is 4. The second-order valence-electron chi connectivity index (χ2n) is 4.36. The zero-order chi connectivity index (χ0) is 11.1. The van der Waals surface area contributed by atoms with Gasteiger partial charge in [0.05, 0.1) is 0 Å². The van der Waals surface area contributed by atoms with E-state index in [1.54, 1.807) is 0 Å². The van der Waals surface area contributed by atoms with E-state index < -0.39 is 0 Å². The van der Waals surface area contributed by atoms with Crippen LogP contribution in [0.1, 0.15) is 24.2 Å². The average Bonchev–Trinajstić information content (AvgIpc) is 2.82. The summed E-state index contributed by atoms with van der Waals surface area (Å²) in [6.07, 6.45) is 2.47. The zero-order valence-electron chi connectivity index (χ0n) is 9.64. The Labute approximate surface area is 94.1 Å². The summed E-state index contributed by atoms with van der Waals surface area (Å²) in [5, 5.41) is 4.50. The third-order valence-electron chi connectivity index (χ3n) is 3.00. The number of nitrogens with zero attached hydrogens (tertiary/aromatic N) is 5. The fraction of sp³-hybridized carbons (Fsp3) is 0.545. The first-order valence-electron chi connectivity index (χ1n) is 5.70. The van der Waals surface area contributed by atoms with Crippen molar-refractivity contribution < 1.29 is 0 Å². The molecule has 1 aliphatic heterocycles. The summed E-state index contributed by atoms with van der Waals surface area (Å²) in [5.74, 6) is 1.53. The van der Waals surface area contributed by atoms with Crippen LogP contribution in [0, 0.1) is 13.8 Å². The lowest BCUT2D eigenvalue weighted by Gasteiger charge is -2.10. The standard InChI is InChI=1S/C11H15N5/c1-8-7-9(2)16-10(12-8)13-11(14-16)15-5-3-4-6-15/h7H,3-6H2,1-2H3. The van der Waals surface area contributed by atoms with Crippen LogP contribution in [0.15, 0.2) is 6.07 Å². The summed E-state index contributed by atoms with van der Waals surface area (Å²) in [6.45, 7) is 6.14. The third-order valence-corrected chi connectivity index (χ3v) is 3.00. The van der Waals surface area contributed by atoms with Crippen LogP contribution in [-0.2, 0) is 0 Å². The van der Waals surface area contributed by atoms with Crippen LogP contribution in [-0.4, -0.2) is 32.7 Å². The molecular weight excluding hydrogens is 202 g/mol. The van der Waals surface area contributed by atoms with E-state index in [4.69, 9.17) is 0 Å². The van der Waals surface area contributed by atoms with Gasteiger partial charge < -0.3 is 4.90 Å². The SMILES string of the molecule is Cc1cc(C)n2nc(N3CCCC3)nc2n1. The third kappa shape index (κ3) is 1.43. The Hall–Kier alpha value is -1.65. The van der Waals surface area contributed by atoms with Crippen molar-refractivity contribution in [3.8, 4) is 0 Å². The molecule has 16 heavy (non-hydrogen) atoms. The predicted molar refractivity (Wildman–Crippen MR) is 61.7 cm³/mol. The summed E-state index contributed by atoms with van der Waals surface area (Å²) < 4.78 is 1.82. The lowest BCUT2D eigenvalue weighted by atomic mass is 10.4. The Morgan fingerprint density at radius 3 is 2.62 bits per heavy atom. The molecule has 0 bridgehead atoms. The van der Waals surface area contributed by atoms with Crippen molar-refractivity contribution in [2.24, 2.45) is 0 Å². The van der Waals surface area contributed by atoms with Crippen LogP contribution < -0.4 is 4.90 Å². The van der Waals surface area contributed by atoms with Gasteiger partial charge in [-0.3, -0.25) is 0 Å². The monoisotopic (exact) mass is 217 g/mol. The van der Waals surface area contributed by atoms with Gasteiger partial charge in [0.25, 0.3) is 5.78 Å². The predicted octanol–water partition coefficient (Wildman–Crippen LogP) is 1.34. The van der Waals surface area contributed by atoms with Gasteiger partial charge in [-0.05, 0) is 32.8 Å². The molecule has 84 valence electrons. The highest BCUT2D eigenvalue weighted by Crippen LogP contribution is 2.17. The summed E-state index contributed by atoms with van der Waals surface area (Å²) in [5.41, 5.74) is 2.07. The Balaban J connectivity index is 2.11. The molecule has 1 saturated heterocycles. The second-order valence-corrected chi connectivity index (χ2v) is 4.36. The van der Waals surface area contributed by atoms with E-state index in [1.807, 2.05) is 24.4 Å². The van der Waals surface area contributed by atoms with E-state index in [0.717, 1.165) is 30.4 Å². The van der Waals surface area contributed by atoms with Crippen molar-refractivity contribution in [3.63, 3.8) is 0 Å². The van der Waals surface area contributed by atoms with Crippen LogP contribution in [0.25, 0.3) is 5.78 Å². The van der Waals surface area contributed by atoms with E-state index >= 15 is 0 Å². The Kier molecular flexibility index (Phi) is 2.05. The van der Waals surface area contributed by atoms with Crippen molar-refractivity contribution in [1.82, 2.24) is 19.6 Å². The molecule has 0 aliphatic carbocycles. The molecule has 0 atom stereocenters. The number of aryl methyl sites for hydroxylation is 2. The van der Waals surface area contributed by atoms with Gasteiger partial charge in [0.2, 0.25) is 5.95 Å². The molecule has 3 rings (SSSR count). The van der Waals surface area contributed by atoms with Gasteiger partial charge in [-0.1, -0.05) is 0 Å². The van der Waals surface area contributed by atoms with Gasteiger partial charge in [0.1, 0.15) is 0 Å². The smallest absolute Gasteiger partial charge is 0.254 e. The maximum atomic E-state index is 4.50.